The minimum atomic E-state index is -0.208. The average molecular weight is 341 g/mol. The first-order chi connectivity index (χ1) is 12.0. The van der Waals surface area contributed by atoms with E-state index in [1.54, 1.807) is 7.05 Å². The van der Waals surface area contributed by atoms with Crippen LogP contribution in [0.1, 0.15) is 37.4 Å². The maximum Gasteiger partial charge on any atom is 0.191 e. The molecule has 134 valence electrons. The van der Waals surface area contributed by atoms with Crippen LogP contribution in [0, 0.1) is 0 Å². The fourth-order valence-corrected chi connectivity index (χ4v) is 3.22. The molecule has 0 saturated carbocycles. The first-order valence-corrected chi connectivity index (χ1v) is 8.69. The fraction of sp³-hybridized carbons (Fsp3) is 0.474. The predicted molar refractivity (Wildman–Crippen MR) is 99.9 cm³/mol. The second-order valence-electron chi connectivity index (χ2n) is 7.07. The van der Waals surface area contributed by atoms with E-state index in [1.807, 2.05) is 42.3 Å². The van der Waals surface area contributed by atoms with Gasteiger partial charge in [0.05, 0.1) is 12.2 Å². The number of nitrogens with one attached hydrogen (secondary N) is 2. The smallest absolute Gasteiger partial charge is 0.191 e. The highest BCUT2D eigenvalue weighted by Crippen LogP contribution is 2.39. The molecule has 2 N–H and O–H groups in total. The van der Waals surface area contributed by atoms with Crippen molar-refractivity contribution in [3.63, 3.8) is 0 Å². The Labute approximate surface area is 149 Å². The van der Waals surface area contributed by atoms with Gasteiger partial charge in [-0.1, -0.05) is 18.2 Å². The van der Waals surface area contributed by atoms with Crippen molar-refractivity contribution in [2.24, 2.45) is 12.0 Å². The maximum absolute atomic E-state index is 6.10. The fourth-order valence-electron chi connectivity index (χ4n) is 3.22. The monoisotopic (exact) mass is 341 g/mol. The molecule has 0 saturated heterocycles. The Morgan fingerprint density at radius 1 is 1.40 bits per heavy atom. The van der Waals surface area contributed by atoms with E-state index in [2.05, 4.69) is 40.6 Å². The molecule has 25 heavy (non-hydrogen) atoms. The Balaban J connectivity index is 1.63. The lowest BCUT2D eigenvalue weighted by molar-refractivity contribution is 0.0694. The molecule has 0 amide bonds. The third-order valence-electron chi connectivity index (χ3n) is 4.38. The summed E-state index contributed by atoms with van der Waals surface area (Å²) < 4.78 is 7.92. The Bertz CT molecular complexity index is 750. The maximum atomic E-state index is 6.10. The molecule has 2 aromatic rings. The van der Waals surface area contributed by atoms with E-state index in [-0.39, 0.29) is 11.6 Å². The summed E-state index contributed by atoms with van der Waals surface area (Å²) in [7, 11) is 3.73. The number of hydrogen-bond donors (Lipinski definition) is 2. The molecule has 2 heterocycles. The number of ether oxygens (including phenoxy) is 1. The van der Waals surface area contributed by atoms with Crippen molar-refractivity contribution >= 4 is 5.96 Å². The number of fused-ring (bicyclic) bond motifs is 1. The van der Waals surface area contributed by atoms with Crippen LogP contribution in [-0.4, -0.2) is 34.9 Å². The van der Waals surface area contributed by atoms with Crippen molar-refractivity contribution in [1.82, 2.24) is 20.4 Å². The van der Waals surface area contributed by atoms with Crippen LogP contribution in [0.3, 0.4) is 0 Å². The van der Waals surface area contributed by atoms with Crippen molar-refractivity contribution in [2.45, 2.75) is 38.3 Å². The molecule has 1 atom stereocenters. The number of aryl methyl sites for hydroxylation is 1. The van der Waals surface area contributed by atoms with E-state index < -0.39 is 0 Å². The molecule has 6 nitrogen and oxygen atoms in total. The van der Waals surface area contributed by atoms with Crippen LogP contribution in [0.15, 0.2) is 41.7 Å². The minimum absolute atomic E-state index is 0.171. The number of aliphatic imine (C=N–C) groups is 1. The number of aromatic nitrogens is 2. The molecule has 6 heteroatoms. The highest BCUT2D eigenvalue weighted by atomic mass is 16.5. The van der Waals surface area contributed by atoms with E-state index in [0.29, 0.717) is 0 Å². The second-order valence-corrected chi connectivity index (χ2v) is 7.07. The molecule has 1 aromatic heterocycles. The van der Waals surface area contributed by atoms with Crippen molar-refractivity contribution in [3.8, 4) is 5.75 Å². The van der Waals surface area contributed by atoms with Gasteiger partial charge in [0, 0.05) is 38.8 Å². The van der Waals surface area contributed by atoms with Crippen LogP contribution in [-0.2, 0) is 13.5 Å². The van der Waals surface area contributed by atoms with Crippen LogP contribution >= 0.6 is 0 Å². The zero-order valence-electron chi connectivity index (χ0n) is 15.4. The zero-order valence-corrected chi connectivity index (χ0v) is 15.4. The lowest BCUT2D eigenvalue weighted by atomic mass is 9.90. The number of hydrogen-bond acceptors (Lipinski definition) is 3. The molecule has 3 rings (SSSR count). The standard InChI is InChI=1S/C19H27N5O/c1-19(2)11-16(15-7-5-6-8-17(15)25-19)23-18(20-3)21-10-9-14-12-22-24(4)13-14/h5-8,12-13,16H,9-11H2,1-4H3,(H2,20,21,23). The molecule has 0 spiro atoms. The van der Waals surface area contributed by atoms with Crippen molar-refractivity contribution in [1.29, 1.82) is 0 Å². The van der Waals surface area contributed by atoms with Gasteiger partial charge in [0.2, 0.25) is 0 Å². The van der Waals surface area contributed by atoms with Gasteiger partial charge in [-0.15, -0.1) is 0 Å². The number of nitrogens with zero attached hydrogens (tertiary/aromatic N) is 3. The van der Waals surface area contributed by atoms with Gasteiger partial charge in [-0.2, -0.15) is 5.10 Å². The van der Waals surface area contributed by atoms with Crippen molar-refractivity contribution < 1.29 is 4.74 Å². The largest absolute Gasteiger partial charge is 0.487 e. The summed E-state index contributed by atoms with van der Waals surface area (Å²) in [5.74, 6) is 1.75. The van der Waals surface area contributed by atoms with E-state index in [1.165, 1.54) is 11.1 Å². The quantitative estimate of drug-likeness (QED) is 0.662. The molecule has 1 aliphatic heterocycles. The van der Waals surface area contributed by atoms with Crippen molar-refractivity contribution in [3.05, 3.63) is 47.8 Å². The van der Waals surface area contributed by atoms with Crippen LogP contribution < -0.4 is 15.4 Å². The van der Waals surface area contributed by atoms with E-state index in [9.17, 15) is 0 Å². The summed E-state index contributed by atoms with van der Waals surface area (Å²) in [5, 5.41) is 11.1. The molecular weight excluding hydrogens is 314 g/mol. The Kier molecular flexibility index (Phi) is 4.97. The van der Waals surface area contributed by atoms with Gasteiger partial charge < -0.3 is 15.4 Å². The van der Waals surface area contributed by atoms with Crippen LogP contribution in [0.4, 0.5) is 0 Å². The SMILES string of the molecule is CN=C(NCCc1cnn(C)c1)NC1CC(C)(C)Oc2ccccc21. The summed E-state index contributed by atoms with van der Waals surface area (Å²) in [6.07, 6.45) is 5.72. The first-order valence-electron chi connectivity index (χ1n) is 8.69. The Hall–Kier alpha value is -2.50. The van der Waals surface area contributed by atoms with Gasteiger partial charge in [-0.25, -0.2) is 0 Å². The van der Waals surface area contributed by atoms with Crippen LogP contribution in [0.2, 0.25) is 0 Å². The third-order valence-corrected chi connectivity index (χ3v) is 4.38. The van der Waals surface area contributed by atoms with Gasteiger partial charge in [0.1, 0.15) is 11.4 Å². The van der Waals surface area contributed by atoms with E-state index in [4.69, 9.17) is 4.74 Å². The zero-order chi connectivity index (χ0) is 17.9. The summed E-state index contributed by atoms with van der Waals surface area (Å²) in [4.78, 5) is 4.37. The Morgan fingerprint density at radius 3 is 2.92 bits per heavy atom. The van der Waals surface area contributed by atoms with Gasteiger partial charge >= 0.3 is 0 Å². The molecule has 1 aliphatic rings. The highest BCUT2D eigenvalue weighted by Gasteiger charge is 2.33. The van der Waals surface area contributed by atoms with Crippen LogP contribution in [0.5, 0.6) is 5.75 Å². The molecule has 0 fully saturated rings. The normalized spacial score (nSPS) is 19.0. The molecule has 1 aromatic carbocycles. The highest BCUT2D eigenvalue weighted by molar-refractivity contribution is 5.80. The summed E-state index contributed by atoms with van der Waals surface area (Å²) >= 11 is 0. The topological polar surface area (TPSA) is 63.5 Å². The third kappa shape index (κ3) is 4.32. The van der Waals surface area contributed by atoms with Gasteiger partial charge in [-0.05, 0) is 31.9 Å². The van der Waals surface area contributed by atoms with E-state index in [0.717, 1.165) is 31.1 Å². The summed E-state index contributed by atoms with van der Waals surface area (Å²) in [6, 6.07) is 8.38. The van der Waals surface area contributed by atoms with Crippen molar-refractivity contribution in [2.75, 3.05) is 13.6 Å². The predicted octanol–water partition coefficient (Wildman–Crippen LogP) is 2.43. The minimum Gasteiger partial charge on any atom is -0.487 e. The lowest BCUT2D eigenvalue weighted by Crippen LogP contribution is -2.45. The number of rotatable bonds is 4. The van der Waals surface area contributed by atoms with Crippen LogP contribution in [0.25, 0.3) is 0 Å². The summed E-state index contributed by atoms with van der Waals surface area (Å²) in [6.45, 7) is 5.05. The molecule has 0 aliphatic carbocycles. The first kappa shape index (κ1) is 17.3. The van der Waals surface area contributed by atoms with Gasteiger partial charge in [-0.3, -0.25) is 9.67 Å². The average Bonchev–Trinajstić information content (AvgIpc) is 2.98. The molecule has 1 unspecified atom stereocenters. The lowest BCUT2D eigenvalue weighted by Gasteiger charge is -2.38. The summed E-state index contributed by atoms with van der Waals surface area (Å²) in [5.41, 5.74) is 2.18. The molecule has 0 bridgehead atoms. The van der Waals surface area contributed by atoms with Gasteiger partial charge in [0.15, 0.2) is 5.96 Å². The van der Waals surface area contributed by atoms with Gasteiger partial charge in [0.25, 0.3) is 0 Å². The second kappa shape index (κ2) is 7.17. The Morgan fingerprint density at radius 2 is 2.20 bits per heavy atom. The van der Waals surface area contributed by atoms with E-state index >= 15 is 0 Å². The number of benzene rings is 1. The number of para-hydroxylation sites is 1. The number of guanidine groups is 1. The molecule has 0 radical (unpaired) electrons. The molecular formula is C19H27N5O.